The molecule has 0 radical (unpaired) electrons. The minimum Gasteiger partial charge on any atom is -0.339 e. The zero-order valence-corrected chi connectivity index (χ0v) is 14.0. The number of nitrogens with zero attached hydrogens (tertiary/aromatic N) is 3. The lowest BCUT2D eigenvalue weighted by Crippen LogP contribution is -2.36. The molecule has 3 aromatic rings. The van der Waals surface area contributed by atoms with Gasteiger partial charge in [-0.1, -0.05) is 18.2 Å². The van der Waals surface area contributed by atoms with Crippen molar-refractivity contribution in [2.45, 2.75) is 12.8 Å². The summed E-state index contributed by atoms with van der Waals surface area (Å²) in [6, 6.07) is 17.2. The third kappa shape index (κ3) is 3.26. The van der Waals surface area contributed by atoms with Crippen LogP contribution >= 0.6 is 0 Å². The van der Waals surface area contributed by atoms with Gasteiger partial charge >= 0.3 is 0 Å². The number of hydrogen-bond donors (Lipinski definition) is 1. The van der Waals surface area contributed by atoms with Crippen molar-refractivity contribution in [1.29, 1.82) is 0 Å². The Bertz CT molecular complexity index is 925. The van der Waals surface area contributed by atoms with E-state index >= 15 is 0 Å². The van der Waals surface area contributed by atoms with Gasteiger partial charge in [0.1, 0.15) is 5.82 Å². The quantitative estimate of drug-likeness (QED) is 0.779. The number of rotatable bonds is 3. The zero-order chi connectivity index (χ0) is 17.9. The molecule has 0 bridgehead atoms. The van der Waals surface area contributed by atoms with E-state index in [0.29, 0.717) is 23.7 Å². The largest absolute Gasteiger partial charge is 0.339 e. The van der Waals surface area contributed by atoms with Crippen LogP contribution in [0.15, 0.2) is 60.7 Å². The van der Waals surface area contributed by atoms with Crippen LogP contribution in [0.1, 0.15) is 22.5 Å². The lowest BCUT2D eigenvalue weighted by molar-refractivity contribution is 0.0979. The lowest BCUT2D eigenvalue weighted by atomic mass is 10.0. The number of halogens is 1. The number of para-hydroxylation sites is 1. The molecule has 2 aromatic carbocycles. The topological polar surface area (TPSA) is 58.1 Å². The molecule has 5 nitrogen and oxygen atoms in total. The molecule has 0 fully saturated rings. The molecule has 4 rings (SSSR count). The minimum atomic E-state index is -0.301. The van der Waals surface area contributed by atoms with Crippen LogP contribution in [0.3, 0.4) is 0 Å². The highest BCUT2D eigenvalue weighted by Gasteiger charge is 2.24. The number of aromatic nitrogens is 2. The number of anilines is 3. The van der Waals surface area contributed by atoms with Crippen molar-refractivity contribution in [2.75, 3.05) is 16.8 Å². The van der Waals surface area contributed by atoms with Gasteiger partial charge in [0.05, 0.1) is 0 Å². The zero-order valence-electron chi connectivity index (χ0n) is 14.0. The van der Waals surface area contributed by atoms with E-state index in [4.69, 9.17) is 0 Å². The molecule has 0 saturated carbocycles. The van der Waals surface area contributed by atoms with Gasteiger partial charge in [0.15, 0.2) is 11.5 Å². The van der Waals surface area contributed by atoms with Crippen molar-refractivity contribution in [3.63, 3.8) is 0 Å². The van der Waals surface area contributed by atoms with Gasteiger partial charge in [-0.3, -0.25) is 4.79 Å². The monoisotopic (exact) mass is 348 g/mol. The Balaban J connectivity index is 1.52. The predicted molar refractivity (Wildman–Crippen MR) is 98.2 cm³/mol. The molecule has 0 aliphatic carbocycles. The van der Waals surface area contributed by atoms with Crippen LogP contribution < -0.4 is 10.2 Å². The molecule has 26 heavy (non-hydrogen) atoms. The number of carbonyl (C=O) groups excluding carboxylic acids is 1. The van der Waals surface area contributed by atoms with Crippen molar-refractivity contribution in [2.24, 2.45) is 0 Å². The molecule has 130 valence electrons. The number of fused-ring (bicyclic) bond motifs is 1. The van der Waals surface area contributed by atoms with Crippen LogP contribution in [0.5, 0.6) is 0 Å². The SMILES string of the molecule is O=C(c1ccc(Nc2ccc(F)cc2)nn1)N1CCCc2ccccc21. The van der Waals surface area contributed by atoms with Crippen molar-refractivity contribution >= 4 is 23.1 Å². The maximum Gasteiger partial charge on any atom is 0.278 e. The highest BCUT2D eigenvalue weighted by Crippen LogP contribution is 2.27. The second-order valence-electron chi connectivity index (χ2n) is 6.12. The van der Waals surface area contributed by atoms with E-state index in [9.17, 15) is 9.18 Å². The summed E-state index contributed by atoms with van der Waals surface area (Å²) in [6.45, 7) is 0.674. The predicted octanol–water partition coefficient (Wildman–Crippen LogP) is 3.95. The fourth-order valence-corrected chi connectivity index (χ4v) is 3.08. The molecular formula is C20H17FN4O. The molecule has 0 spiro atoms. The van der Waals surface area contributed by atoms with E-state index in [1.54, 1.807) is 29.2 Å². The number of nitrogens with one attached hydrogen (secondary N) is 1. The standard InChI is InChI=1S/C20H17FN4O/c21-15-7-9-16(10-8-15)22-19-12-11-17(23-24-19)20(26)25-13-3-5-14-4-1-2-6-18(14)25/h1-2,4,6-12H,3,5,13H2,(H,22,24). The van der Waals surface area contributed by atoms with Crippen molar-refractivity contribution in [3.05, 3.63) is 77.7 Å². The maximum absolute atomic E-state index is 13.0. The van der Waals surface area contributed by atoms with E-state index in [2.05, 4.69) is 21.6 Å². The summed E-state index contributed by atoms with van der Waals surface area (Å²) >= 11 is 0. The van der Waals surface area contributed by atoms with Crippen molar-refractivity contribution in [3.8, 4) is 0 Å². The average Bonchev–Trinajstić information content (AvgIpc) is 2.69. The van der Waals surface area contributed by atoms with Crippen molar-refractivity contribution < 1.29 is 9.18 Å². The summed E-state index contributed by atoms with van der Waals surface area (Å²) in [4.78, 5) is 14.6. The number of amides is 1. The fraction of sp³-hybridized carbons (Fsp3) is 0.150. The molecule has 0 saturated heterocycles. The molecule has 1 amide bonds. The average molecular weight is 348 g/mol. The van der Waals surface area contributed by atoms with Gasteiger partial charge in [-0.25, -0.2) is 4.39 Å². The first-order chi connectivity index (χ1) is 12.7. The van der Waals surface area contributed by atoms with Gasteiger partial charge in [0.25, 0.3) is 5.91 Å². The summed E-state index contributed by atoms with van der Waals surface area (Å²) in [7, 11) is 0. The Morgan fingerprint density at radius 3 is 2.58 bits per heavy atom. The van der Waals surface area contributed by atoms with Gasteiger partial charge in [-0.2, -0.15) is 0 Å². The first-order valence-corrected chi connectivity index (χ1v) is 8.47. The summed E-state index contributed by atoms with van der Waals surface area (Å²) in [6.07, 6.45) is 1.91. The Morgan fingerprint density at radius 1 is 1.00 bits per heavy atom. The van der Waals surface area contributed by atoms with E-state index in [-0.39, 0.29) is 11.7 Å². The van der Waals surface area contributed by atoms with Crippen LogP contribution in [-0.4, -0.2) is 22.6 Å². The molecule has 6 heteroatoms. The Morgan fingerprint density at radius 2 is 1.81 bits per heavy atom. The lowest BCUT2D eigenvalue weighted by Gasteiger charge is -2.29. The van der Waals surface area contributed by atoms with Gasteiger partial charge < -0.3 is 10.2 Å². The maximum atomic E-state index is 13.0. The van der Waals surface area contributed by atoms with Crippen LogP contribution in [0.2, 0.25) is 0 Å². The molecule has 1 aromatic heterocycles. The van der Waals surface area contributed by atoms with Crippen LogP contribution in [0, 0.1) is 5.82 Å². The first kappa shape index (κ1) is 16.2. The third-order valence-electron chi connectivity index (χ3n) is 4.36. The molecule has 2 heterocycles. The van der Waals surface area contributed by atoms with Crippen LogP contribution in [0.25, 0.3) is 0 Å². The van der Waals surface area contributed by atoms with E-state index < -0.39 is 0 Å². The van der Waals surface area contributed by atoms with Gasteiger partial charge in [0.2, 0.25) is 0 Å². The second kappa shape index (κ2) is 6.92. The van der Waals surface area contributed by atoms with E-state index in [1.165, 1.54) is 17.7 Å². The summed E-state index contributed by atoms with van der Waals surface area (Å²) in [5.41, 5.74) is 3.12. The third-order valence-corrected chi connectivity index (χ3v) is 4.36. The summed E-state index contributed by atoms with van der Waals surface area (Å²) < 4.78 is 13.0. The molecule has 0 atom stereocenters. The molecule has 1 aliphatic rings. The normalized spacial score (nSPS) is 13.2. The molecular weight excluding hydrogens is 331 g/mol. The van der Waals surface area contributed by atoms with Gasteiger partial charge in [-0.05, 0) is 60.9 Å². The van der Waals surface area contributed by atoms with E-state index in [0.717, 1.165) is 18.5 Å². The number of aryl methyl sites for hydroxylation is 1. The second-order valence-corrected chi connectivity index (χ2v) is 6.12. The van der Waals surface area contributed by atoms with Crippen LogP contribution in [-0.2, 0) is 6.42 Å². The molecule has 1 N–H and O–H groups in total. The summed E-state index contributed by atoms with van der Waals surface area (Å²) in [5, 5.41) is 11.2. The van der Waals surface area contributed by atoms with Crippen molar-refractivity contribution in [1.82, 2.24) is 10.2 Å². The Kier molecular flexibility index (Phi) is 4.31. The minimum absolute atomic E-state index is 0.155. The molecule has 0 unspecified atom stereocenters. The Hall–Kier alpha value is -3.28. The smallest absolute Gasteiger partial charge is 0.278 e. The van der Waals surface area contributed by atoms with Gasteiger partial charge in [-0.15, -0.1) is 10.2 Å². The first-order valence-electron chi connectivity index (χ1n) is 8.47. The fourth-order valence-electron chi connectivity index (χ4n) is 3.08. The highest BCUT2D eigenvalue weighted by molar-refractivity contribution is 6.05. The Labute approximate surface area is 150 Å². The van der Waals surface area contributed by atoms with Gasteiger partial charge in [0, 0.05) is 17.9 Å². The van der Waals surface area contributed by atoms with Crippen LogP contribution in [0.4, 0.5) is 21.6 Å². The molecule has 1 aliphatic heterocycles. The number of benzene rings is 2. The summed E-state index contributed by atoms with van der Waals surface area (Å²) in [5.74, 6) is 0.0366. The highest BCUT2D eigenvalue weighted by atomic mass is 19.1. The number of carbonyl (C=O) groups is 1. The number of hydrogen-bond acceptors (Lipinski definition) is 4. The van der Waals surface area contributed by atoms with E-state index in [1.807, 2.05) is 18.2 Å².